The van der Waals surface area contributed by atoms with E-state index in [4.69, 9.17) is 5.73 Å². The molecule has 0 bridgehead atoms. The molecular weight excluding hydrogens is 340 g/mol. The number of nitrogens with two attached hydrogens (primary N) is 1. The highest BCUT2D eigenvalue weighted by Crippen LogP contribution is 2.24. The average Bonchev–Trinajstić information content (AvgIpc) is 3.07. The van der Waals surface area contributed by atoms with Crippen molar-refractivity contribution in [2.45, 2.75) is 25.4 Å². The molecule has 7 heteroatoms. The van der Waals surface area contributed by atoms with Gasteiger partial charge in [0.25, 0.3) is 5.91 Å². The summed E-state index contributed by atoms with van der Waals surface area (Å²) in [6.07, 6.45) is 1.61. The minimum atomic E-state index is -1.08. The van der Waals surface area contributed by atoms with Crippen molar-refractivity contribution >= 4 is 17.5 Å². The Morgan fingerprint density at radius 1 is 1.15 bits per heavy atom. The van der Waals surface area contributed by atoms with E-state index in [0.717, 1.165) is 37.1 Å². The normalized spacial score (nSPS) is 17.2. The molecule has 0 aliphatic carbocycles. The highest BCUT2D eigenvalue weighted by atomic mass is 19.2. The van der Waals surface area contributed by atoms with Crippen molar-refractivity contribution in [2.75, 3.05) is 11.9 Å². The largest absolute Gasteiger partial charge is 0.368 e. The van der Waals surface area contributed by atoms with Crippen molar-refractivity contribution in [3.05, 3.63) is 65.2 Å². The van der Waals surface area contributed by atoms with Crippen LogP contribution < -0.4 is 11.1 Å². The van der Waals surface area contributed by atoms with Gasteiger partial charge in [0.2, 0.25) is 5.91 Å². The number of likely N-dealkylation sites (tertiary alicyclic amines) is 1. The molecule has 0 spiro atoms. The monoisotopic (exact) mass is 359 g/mol. The summed E-state index contributed by atoms with van der Waals surface area (Å²) in [5.41, 5.74) is 6.84. The molecule has 1 aliphatic rings. The zero-order valence-electron chi connectivity index (χ0n) is 14.0. The molecule has 136 valence electrons. The molecule has 0 saturated carbocycles. The van der Waals surface area contributed by atoms with Gasteiger partial charge in [0.15, 0.2) is 11.6 Å². The van der Waals surface area contributed by atoms with Crippen LogP contribution in [0.1, 0.15) is 28.8 Å². The molecule has 1 unspecified atom stereocenters. The molecule has 2 aromatic carbocycles. The molecule has 1 atom stereocenters. The highest BCUT2D eigenvalue weighted by molar-refractivity contribution is 6.04. The lowest BCUT2D eigenvalue weighted by molar-refractivity contribution is -0.122. The van der Waals surface area contributed by atoms with Gasteiger partial charge in [-0.15, -0.1) is 0 Å². The zero-order chi connectivity index (χ0) is 18.7. The molecule has 3 rings (SSSR count). The summed E-state index contributed by atoms with van der Waals surface area (Å²) in [4.78, 5) is 25.9. The molecule has 1 fully saturated rings. The summed E-state index contributed by atoms with van der Waals surface area (Å²) in [6, 6.07) is 9.84. The van der Waals surface area contributed by atoms with Crippen molar-refractivity contribution in [3.8, 4) is 0 Å². The van der Waals surface area contributed by atoms with Crippen LogP contribution in [0, 0.1) is 11.6 Å². The standard InChI is InChI=1S/C19H19F2N3O2/c20-14-8-7-12(10-15(14)21)19(26)23-16-5-2-1-4-13(16)11-24-9-3-6-17(24)18(22)25/h1-2,4-5,7-8,10,17H,3,6,9,11H2,(H2,22,25)(H,23,26). The fourth-order valence-electron chi connectivity index (χ4n) is 3.17. The van der Waals surface area contributed by atoms with Crippen LogP contribution in [0.2, 0.25) is 0 Å². The average molecular weight is 359 g/mol. The molecule has 1 saturated heterocycles. The van der Waals surface area contributed by atoms with Gasteiger partial charge in [0, 0.05) is 17.8 Å². The number of nitrogens with one attached hydrogen (secondary N) is 1. The molecule has 1 aliphatic heterocycles. The van der Waals surface area contributed by atoms with E-state index in [1.165, 1.54) is 6.07 Å². The van der Waals surface area contributed by atoms with Gasteiger partial charge in [0.05, 0.1) is 6.04 Å². The number of hydrogen-bond donors (Lipinski definition) is 2. The van der Waals surface area contributed by atoms with Gasteiger partial charge in [-0.05, 0) is 49.2 Å². The Labute approximate surface area is 149 Å². The fourth-order valence-corrected chi connectivity index (χ4v) is 3.17. The van der Waals surface area contributed by atoms with Gasteiger partial charge in [-0.25, -0.2) is 8.78 Å². The summed E-state index contributed by atoms with van der Waals surface area (Å²) >= 11 is 0. The van der Waals surface area contributed by atoms with E-state index < -0.39 is 17.5 Å². The van der Waals surface area contributed by atoms with Crippen molar-refractivity contribution in [2.24, 2.45) is 5.73 Å². The van der Waals surface area contributed by atoms with Gasteiger partial charge in [0.1, 0.15) is 0 Å². The van der Waals surface area contributed by atoms with Crippen LogP contribution in [0.5, 0.6) is 0 Å². The van der Waals surface area contributed by atoms with Gasteiger partial charge in [-0.2, -0.15) is 0 Å². The van der Waals surface area contributed by atoms with Gasteiger partial charge in [-0.3, -0.25) is 14.5 Å². The van der Waals surface area contributed by atoms with E-state index in [1.54, 1.807) is 12.1 Å². The lowest BCUT2D eigenvalue weighted by Crippen LogP contribution is -2.39. The van der Waals surface area contributed by atoms with Gasteiger partial charge < -0.3 is 11.1 Å². The zero-order valence-corrected chi connectivity index (χ0v) is 14.0. The second kappa shape index (κ2) is 7.61. The molecule has 3 N–H and O–H groups in total. The Bertz CT molecular complexity index is 841. The number of hydrogen-bond acceptors (Lipinski definition) is 3. The molecule has 26 heavy (non-hydrogen) atoms. The first-order valence-electron chi connectivity index (χ1n) is 8.33. The highest BCUT2D eigenvalue weighted by Gasteiger charge is 2.29. The van der Waals surface area contributed by atoms with Crippen LogP contribution in [0.15, 0.2) is 42.5 Å². The summed E-state index contributed by atoms with van der Waals surface area (Å²) in [6.45, 7) is 1.21. The van der Waals surface area contributed by atoms with Crippen molar-refractivity contribution in [3.63, 3.8) is 0 Å². The number of amides is 2. The van der Waals surface area contributed by atoms with Crippen LogP contribution in [-0.2, 0) is 11.3 Å². The number of nitrogens with zero attached hydrogens (tertiary/aromatic N) is 1. The number of carbonyl (C=O) groups is 2. The van der Waals surface area contributed by atoms with E-state index in [2.05, 4.69) is 5.32 Å². The topological polar surface area (TPSA) is 75.4 Å². The second-order valence-corrected chi connectivity index (χ2v) is 6.27. The Hall–Kier alpha value is -2.80. The third-order valence-electron chi connectivity index (χ3n) is 4.51. The molecule has 5 nitrogen and oxygen atoms in total. The van der Waals surface area contributed by atoms with Crippen molar-refractivity contribution in [1.29, 1.82) is 0 Å². The minimum Gasteiger partial charge on any atom is -0.368 e. The van der Waals surface area contributed by atoms with Crippen molar-refractivity contribution < 1.29 is 18.4 Å². The molecular formula is C19H19F2N3O2. The number of benzene rings is 2. The van der Waals surface area contributed by atoms with Crippen LogP contribution in [0.3, 0.4) is 0 Å². The smallest absolute Gasteiger partial charge is 0.255 e. The third kappa shape index (κ3) is 3.88. The number of primary amides is 1. The van der Waals surface area contributed by atoms with Crippen LogP contribution >= 0.6 is 0 Å². The number of rotatable bonds is 5. The van der Waals surface area contributed by atoms with E-state index >= 15 is 0 Å². The molecule has 0 radical (unpaired) electrons. The maximum atomic E-state index is 13.3. The summed E-state index contributed by atoms with van der Waals surface area (Å²) in [5.74, 6) is -2.98. The lowest BCUT2D eigenvalue weighted by atomic mass is 10.1. The van der Waals surface area contributed by atoms with Crippen LogP contribution in [-0.4, -0.2) is 29.3 Å². The predicted octanol–water partition coefficient (Wildman–Crippen LogP) is 2.67. The number of carbonyl (C=O) groups excluding carboxylic acids is 2. The Morgan fingerprint density at radius 3 is 2.65 bits per heavy atom. The van der Waals surface area contributed by atoms with Gasteiger partial charge >= 0.3 is 0 Å². The maximum Gasteiger partial charge on any atom is 0.255 e. The third-order valence-corrected chi connectivity index (χ3v) is 4.51. The number of halogens is 2. The molecule has 1 heterocycles. The van der Waals surface area contributed by atoms with Crippen LogP contribution in [0.25, 0.3) is 0 Å². The Kier molecular flexibility index (Phi) is 5.27. The summed E-state index contributed by atoms with van der Waals surface area (Å²) in [7, 11) is 0. The summed E-state index contributed by atoms with van der Waals surface area (Å²) in [5, 5.41) is 2.72. The summed E-state index contributed by atoms with van der Waals surface area (Å²) < 4.78 is 26.4. The number of anilines is 1. The first-order valence-corrected chi connectivity index (χ1v) is 8.33. The van der Waals surface area contributed by atoms with Crippen molar-refractivity contribution in [1.82, 2.24) is 4.90 Å². The Balaban J connectivity index is 1.77. The lowest BCUT2D eigenvalue weighted by Gasteiger charge is -2.23. The van der Waals surface area contributed by atoms with E-state index in [1.807, 2.05) is 17.0 Å². The fraction of sp³-hybridized carbons (Fsp3) is 0.263. The number of para-hydroxylation sites is 1. The second-order valence-electron chi connectivity index (χ2n) is 6.27. The molecule has 2 aromatic rings. The maximum absolute atomic E-state index is 13.3. The SMILES string of the molecule is NC(=O)C1CCCN1Cc1ccccc1NC(=O)c1ccc(F)c(F)c1. The predicted molar refractivity (Wildman–Crippen MR) is 93.4 cm³/mol. The van der Waals surface area contributed by atoms with E-state index in [9.17, 15) is 18.4 Å². The Morgan fingerprint density at radius 2 is 1.92 bits per heavy atom. The quantitative estimate of drug-likeness (QED) is 0.862. The van der Waals surface area contributed by atoms with Gasteiger partial charge in [-0.1, -0.05) is 18.2 Å². The van der Waals surface area contributed by atoms with E-state index in [0.29, 0.717) is 12.2 Å². The molecule has 2 amide bonds. The molecule has 0 aromatic heterocycles. The minimum absolute atomic E-state index is 0.0230. The van der Waals surface area contributed by atoms with Crippen LogP contribution in [0.4, 0.5) is 14.5 Å². The first-order chi connectivity index (χ1) is 12.5. The first kappa shape index (κ1) is 18.0. The van der Waals surface area contributed by atoms with E-state index in [-0.39, 0.29) is 17.5 Å².